The Hall–Kier alpha value is -1.75. The minimum atomic E-state index is -4.36. The van der Waals surface area contributed by atoms with Gasteiger partial charge in [0.15, 0.2) is 0 Å². The van der Waals surface area contributed by atoms with Crippen molar-refractivity contribution in [1.82, 2.24) is 0 Å². The topological polar surface area (TPSA) is 35.2 Å². The largest absolute Gasteiger partial charge is 0.458 e. The second-order valence-corrected chi connectivity index (χ2v) is 4.28. The fourth-order valence-corrected chi connectivity index (χ4v) is 1.84. The molecule has 0 saturated heterocycles. The van der Waals surface area contributed by atoms with Crippen molar-refractivity contribution in [1.29, 1.82) is 0 Å². The summed E-state index contributed by atoms with van der Waals surface area (Å²) < 4.78 is 43.1. The Morgan fingerprint density at radius 1 is 1.26 bits per heavy atom. The first-order chi connectivity index (χ1) is 8.99. The number of hydrogen-bond acceptors (Lipinski definition) is 2. The molecule has 0 atom stereocenters. The zero-order valence-electron chi connectivity index (χ0n) is 10.2. The molecule has 0 amide bonds. The van der Waals surface area contributed by atoms with Crippen LogP contribution in [0.4, 0.5) is 13.2 Å². The molecule has 0 radical (unpaired) electrons. The van der Waals surface area contributed by atoms with Crippen LogP contribution in [0.3, 0.4) is 0 Å². The van der Waals surface area contributed by atoms with Gasteiger partial charge >= 0.3 is 6.18 Å². The first-order valence-electron chi connectivity index (χ1n) is 5.94. The summed E-state index contributed by atoms with van der Waals surface area (Å²) in [6.07, 6.45) is 0.922. The van der Waals surface area contributed by atoms with Crippen LogP contribution in [0.1, 0.15) is 18.4 Å². The standard InChI is InChI=1S/C14H14F3NO/c15-14(16,17)11-4-2-6-13(8-11)19-12-5-1-3-10(7-12)9-18/h2,4-8H,1,3,9,18H2. The van der Waals surface area contributed by atoms with Gasteiger partial charge in [-0.3, -0.25) is 0 Å². The van der Waals surface area contributed by atoms with E-state index in [-0.39, 0.29) is 5.75 Å². The molecule has 2 nitrogen and oxygen atoms in total. The van der Waals surface area contributed by atoms with Crippen LogP contribution in [0.2, 0.25) is 0 Å². The van der Waals surface area contributed by atoms with Gasteiger partial charge in [0.05, 0.1) is 5.56 Å². The SMILES string of the molecule is NCC1=CC(Oc2cccc(C(F)(F)F)c2)=CCC1. The normalized spacial score (nSPS) is 15.8. The third kappa shape index (κ3) is 3.61. The van der Waals surface area contributed by atoms with E-state index in [0.29, 0.717) is 12.3 Å². The summed E-state index contributed by atoms with van der Waals surface area (Å²) in [7, 11) is 0. The number of allylic oxidation sites excluding steroid dienone is 2. The number of hydrogen-bond donors (Lipinski definition) is 1. The van der Waals surface area contributed by atoms with Crippen molar-refractivity contribution in [3.63, 3.8) is 0 Å². The summed E-state index contributed by atoms with van der Waals surface area (Å²) >= 11 is 0. The average Bonchev–Trinajstić information content (AvgIpc) is 2.38. The predicted octanol–water partition coefficient (Wildman–Crippen LogP) is 3.65. The third-order valence-electron chi connectivity index (χ3n) is 2.82. The fourth-order valence-electron chi connectivity index (χ4n) is 1.84. The summed E-state index contributed by atoms with van der Waals surface area (Å²) in [5.74, 6) is 0.724. The van der Waals surface area contributed by atoms with Gasteiger partial charge in [0.1, 0.15) is 11.5 Å². The number of ether oxygens (including phenoxy) is 1. The fraction of sp³-hybridized carbons (Fsp3) is 0.286. The number of nitrogens with two attached hydrogens (primary N) is 1. The first-order valence-corrected chi connectivity index (χ1v) is 5.94. The molecule has 19 heavy (non-hydrogen) atoms. The molecule has 1 aliphatic carbocycles. The van der Waals surface area contributed by atoms with E-state index in [2.05, 4.69) is 0 Å². The predicted molar refractivity (Wildman–Crippen MR) is 66.5 cm³/mol. The molecule has 0 spiro atoms. The van der Waals surface area contributed by atoms with Gasteiger partial charge in [-0.05, 0) is 43.2 Å². The van der Waals surface area contributed by atoms with Gasteiger partial charge in [-0.2, -0.15) is 13.2 Å². The maximum Gasteiger partial charge on any atom is 0.416 e. The molecule has 0 unspecified atom stereocenters. The lowest BCUT2D eigenvalue weighted by Gasteiger charge is -2.14. The van der Waals surface area contributed by atoms with Crippen LogP contribution in [0.25, 0.3) is 0 Å². The lowest BCUT2D eigenvalue weighted by Crippen LogP contribution is -2.08. The van der Waals surface area contributed by atoms with E-state index in [1.165, 1.54) is 12.1 Å². The molecule has 1 aliphatic rings. The number of benzene rings is 1. The van der Waals surface area contributed by atoms with E-state index in [9.17, 15) is 13.2 Å². The van der Waals surface area contributed by atoms with Gasteiger partial charge in [0, 0.05) is 6.54 Å². The van der Waals surface area contributed by atoms with Crippen molar-refractivity contribution in [2.75, 3.05) is 6.54 Å². The smallest absolute Gasteiger partial charge is 0.416 e. The molecule has 1 aromatic carbocycles. The lowest BCUT2D eigenvalue weighted by molar-refractivity contribution is -0.137. The Morgan fingerprint density at radius 3 is 2.74 bits per heavy atom. The van der Waals surface area contributed by atoms with Crippen LogP contribution in [-0.4, -0.2) is 6.54 Å². The van der Waals surface area contributed by atoms with E-state index in [1.54, 1.807) is 6.08 Å². The molecule has 1 aromatic rings. The molecule has 0 heterocycles. The Labute approximate surface area is 109 Å². The first kappa shape index (κ1) is 13.7. The molecule has 0 saturated carbocycles. The minimum Gasteiger partial charge on any atom is -0.458 e. The van der Waals surface area contributed by atoms with Gasteiger partial charge in [-0.25, -0.2) is 0 Å². The molecule has 2 N–H and O–H groups in total. The highest BCUT2D eigenvalue weighted by atomic mass is 19.4. The molecular formula is C14H14F3NO. The van der Waals surface area contributed by atoms with Gasteiger partial charge in [-0.15, -0.1) is 0 Å². The molecule has 2 rings (SSSR count). The van der Waals surface area contributed by atoms with Crippen LogP contribution in [0.15, 0.2) is 47.7 Å². The summed E-state index contributed by atoms with van der Waals surface area (Å²) in [4.78, 5) is 0. The van der Waals surface area contributed by atoms with Crippen LogP contribution in [-0.2, 0) is 6.18 Å². The van der Waals surface area contributed by atoms with Crippen molar-refractivity contribution in [2.24, 2.45) is 5.73 Å². The summed E-state index contributed by atoms with van der Waals surface area (Å²) in [5.41, 5.74) is 5.85. The maximum absolute atomic E-state index is 12.6. The van der Waals surface area contributed by atoms with E-state index in [0.717, 1.165) is 30.5 Å². The molecule has 0 fully saturated rings. The highest BCUT2D eigenvalue weighted by molar-refractivity contribution is 5.34. The van der Waals surface area contributed by atoms with Gasteiger partial charge in [0.25, 0.3) is 0 Å². The maximum atomic E-state index is 12.6. The van der Waals surface area contributed by atoms with Crippen LogP contribution >= 0.6 is 0 Å². The van der Waals surface area contributed by atoms with Crippen molar-refractivity contribution in [3.8, 4) is 5.75 Å². The Balaban J connectivity index is 2.16. The van der Waals surface area contributed by atoms with E-state index in [1.807, 2.05) is 6.08 Å². The zero-order valence-corrected chi connectivity index (χ0v) is 10.2. The Kier molecular flexibility index (Phi) is 3.95. The number of halogens is 3. The Morgan fingerprint density at radius 2 is 2.05 bits per heavy atom. The second kappa shape index (κ2) is 5.48. The van der Waals surface area contributed by atoms with Crippen LogP contribution in [0.5, 0.6) is 5.75 Å². The molecule has 0 bridgehead atoms. The highest BCUT2D eigenvalue weighted by Crippen LogP contribution is 2.32. The number of alkyl halides is 3. The van der Waals surface area contributed by atoms with E-state index >= 15 is 0 Å². The molecule has 5 heteroatoms. The summed E-state index contributed by atoms with van der Waals surface area (Å²) in [6.45, 7) is 0.434. The minimum absolute atomic E-state index is 0.176. The van der Waals surface area contributed by atoms with Gasteiger partial charge < -0.3 is 10.5 Å². The van der Waals surface area contributed by atoms with E-state index in [4.69, 9.17) is 10.5 Å². The van der Waals surface area contributed by atoms with Crippen LogP contribution < -0.4 is 10.5 Å². The quantitative estimate of drug-likeness (QED) is 0.909. The van der Waals surface area contributed by atoms with E-state index < -0.39 is 11.7 Å². The summed E-state index contributed by atoms with van der Waals surface area (Å²) in [5, 5.41) is 0. The van der Waals surface area contributed by atoms with Gasteiger partial charge in [-0.1, -0.05) is 11.6 Å². The van der Waals surface area contributed by atoms with Crippen molar-refractivity contribution in [2.45, 2.75) is 19.0 Å². The van der Waals surface area contributed by atoms with Crippen molar-refractivity contribution in [3.05, 3.63) is 53.3 Å². The highest BCUT2D eigenvalue weighted by Gasteiger charge is 2.30. The molecule has 102 valence electrons. The van der Waals surface area contributed by atoms with Crippen LogP contribution in [0, 0.1) is 0 Å². The molecule has 0 aromatic heterocycles. The monoisotopic (exact) mass is 269 g/mol. The number of rotatable bonds is 3. The third-order valence-corrected chi connectivity index (χ3v) is 2.82. The lowest BCUT2D eigenvalue weighted by atomic mass is 10.0. The zero-order chi connectivity index (χ0) is 13.9. The van der Waals surface area contributed by atoms with Crippen molar-refractivity contribution < 1.29 is 17.9 Å². The van der Waals surface area contributed by atoms with Gasteiger partial charge in [0.2, 0.25) is 0 Å². The Bertz CT molecular complexity index is 518. The average molecular weight is 269 g/mol. The second-order valence-electron chi connectivity index (χ2n) is 4.28. The van der Waals surface area contributed by atoms with Crippen molar-refractivity contribution >= 4 is 0 Å². The summed E-state index contributed by atoms with van der Waals surface area (Å²) in [6, 6.07) is 4.84. The molecule has 0 aliphatic heterocycles. The molecular weight excluding hydrogens is 255 g/mol.